The van der Waals surface area contributed by atoms with Gasteiger partial charge in [0.1, 0.15) is 0 Å². The number of benzene rings is 1. The number of carbonyl (C=O) groups is 1. The molecule has 1 amide bonds. The van der Waals surface area contributed by atoms with E-state index in [1.54, 1.807) is 18.5 Å². The normalized spacial score (nSPS) is 20.6. The second-order valence-electron chi connectivity index (χ2n) is 9.42. The topological polar surface area (TPSA) is 81.6 Å². The number of fused-ring (bicyclic) bond motifs is 1. The molecule has 1 atom stereocenters. The van der Waals surface area contributed by atoms with Crippen molar-refractivity contribution in [3.63, 3.8) is 0 Å². The Hall–Kier alpha value is -3.80. The van der Waals surface area contributed by atoms with Gasteiger partial charge in [-0.3, -0.25) is 9.69 Å². The Kier molecular flexibility index (Phi) is 5.90. The summed E-state index contributed by atoms with van der Waals surface area (Å²) in [4.78, 5) is 37.7. The Labute approximate surface area is 211 Å². The highest BCUT2D eigenvalue weighted by atomic mass is 19.4. The Morgan fingerprint density at radius 3 is 2.30 bits per heavy atom. The summed E-state index contributed by atoms with van der Waals surface area (Å²) in [5.74, 6) is 1.07. The number of nitrogens with zero attached hydrogens (tertiary/aromatic N) is 8. The van der Waals surface area contributed by atoms with Crippen LogP contribution in [0.2, 0.25) is 0 Å². The lowest BCUT2D eigenvalue weighted by atomic mass is 10.1. The van der Waals surface area contributed by atoms with Crippen LogP contribution in [-0.4, -0.2) is 76.1 Å². The van der Waals surface area contributed by atoms with Gasteiger partial charge in [-0.25, -0.2) is 19.9 Å². The lowest BCUT2D eigenvalue weighted by Crippen LogP contribution is -2.51. The van der Waals surface area contributed by atoms with Gasteiger partial charge in [0.05, 0.1) is 5.56 Å². The highest BCUT2D eigenvalue weighted by molar-refractivity contribution is 5.96. The number of rotatable bonds is 4. The predicted octanol–water partition coefficient (Wildman–Crippen LogP) is 2.91. The van der Waals surface area contributed by atoms with Crippen LogP contribution < -0.4 is 14.7 Å². The largest absolute Gasteiger partial charge is 0.419 e. The quantitative estimate of drug-likeness (QED) is 0.530. The van der Waals surface area contributed by atoms with Crippen molar-refractivity contribution in [2.75, 3.05) is 54.0 Å². The molecule has 2 aromatic heterocycles. The lowest BCUT2D eigenvalue weighted by Gasteiger charge is -2.37. The van der Waals surface area contributed by atoms with Gasteiger partial charge in [0.25, 0.3) is 0 Å². The Bertz CT molecular complexity index is 1280. The number of hydrogen-bond acceptors (Lipinski definition) is 8. The highest BCUT2D eigenvalue weighted by Crippen LogP contribution is 2.37. The third-order valence-electron chi connectivity index (χ3n) is 7.25. The van der Waals surface area contributed by atoms with Crippen LogP contribution in [-0.2, 0) is 17.4 Å². The molecule has 6 rings (SSSR count). The van der Waals surface area contributed by atoms with Crippen molar-refractivity contribution in [3.05, 3.63) is 60.2 Å². The van der Waals surface area contributed by atoms with Gasteiger partial charge in [-0.2, -0.15) is 13.2 Å². The molecular weight excluding hydrogens is 485 g/mol. The summed E-state index contributed by atoms with van der Waals surface area (Å²) in [6.45, 7) is 4.51. The summed E-state index contributed by atoms with van der Waals surface area (Å²) in [5.41, 5.74) is 1.85. The standard InChI is InChI=1S/C25H25F3N8O/c26-25(27,28)18-14-31-24(32-15-18)35-7-4-17-12-19(2-3-21(17)35)36-16-20(13-22(36)37)33-8-10-34(11-9-33)23-29-5-1-6-30-23/h1-3,5-6,12,14-15,20H,4,7-11,13,16H2. The van der Waals surface area contributed by atoms with Gasteiger partial charge in [0, 0.05) is 87.9 Å². The summed E-state index contributed by atoms with van der Waals surface area (Å²) in [6, 6.07) is 7.75. The number of hydrogen-bond donors (Lipinski definition) is 0. The second-order valence-corrected chi connectivity index (χ2v) is 9.42. The number of alkyl halides is 3. The third-order valence-corrected chi connectivity index (χ3v) is 7.25. The second kappa shape index (κ2) is 9.25. The maximum absolute atomic E-state index is 13.0. The van der Waals surface area contributed by atoms with Crippen LogP contribution in [0.4, 0.5) is 36.4 Å². The fraction of sp³-hybridized carbons (Fsp3) is 0.400. The number of aromatic nitrogens is 4. The Morgan fingerprint density at radius 1 is 0.865 bits per heavy atom. The molecule has 0 saturated carbocycles. The molecule has 0 N–H and O–H groups in total. The molecule has 0 aliphatic carbocycles. The SMILES string of the molecule is O=C1CC(N2CCN(c3ncccn3)CC2)CN1c1ccc2c(c1)CCN2c1ncc(C(F)(F)F)cn1. The lowest BCUT2D eigenvalue weighted by molar-refractivity contribution is -0.138. The summed E-state index contributed by atoms with van der Waals surface area (Å²) < 4.78 is 38.6. The molecule has 2 saturated heterocycles. The van der Waals surface area contributed by atoms with Crippen molar-refractivity contribution in [3.8, 4) is 0 Å². The van der Waals surface area contributed by atoms with Crippen LogP contribution in [0.3, 0.4) is 0 Å². The zero-order valence-electron chi connectivity index (χ0n) is 20.0. The molecule has 5 heterocycles. The third kappa shape index (κ3) is 4.57. The van der Waals surface area contributed by atoms with E-state index in [-0.39, 0.29) is 17.9 Å². The van der Waals surface area contributed by atoms with E-state index in [4.69, 9.17) is 0 Å². The average molecular weight is 511 g/mol. The van der Waals surface area contributed by atoms with Crippen LogP contribution in [0.25, 0.3) is 0 Å². The Balaban J connectivity index is 1.12. The van der Waals surface area contributed by atoms with E-state index in [0.29, 0.717) is 25.9 Å². The summed E-state index contributed by atoms with van der Waals surface area (Å²) >= 11 is 0. The van der Waals surface area contributed by atoms with Crippen LogP contribution in [0.1, 0.15) is 17.5 Å². The van der Waals surface area contributed by atoms with Gasteiger partial charge in [-0.05, 0) is 36.2 Å². The zero-order valence-corrected chi connectivity index (χ0v) is 20.0. The zero-order chi connectivity index (χ0) is 25.6. The Morgan fingerprint density at radius 2 is 1.59 bits per heavy atom. The van der Waals surface area contributed by atoms with Gasteiger partial charge in [-0.15, -0.1) is 0 Å². The number of halogens is 3. The smallest absolute Gasteiger partial charge is 0.338 e. The molecule has 192 valence electrons. The number of carbonyl (C=O) groups excluding carboxylic acids is 1. The fourth-order valence-electron chi connectivity index (χ4n) is 5.30. The molecule has 37 heavy (non-hydrogen) atoms. The van der Waals surface area contributed by atoms with Gasteiger partial charge in [-0.1, -0.05) is 0 Å². The molecule has 3 aliphatic rings. The van der Waals surface area contributed by atoms with Crippen molar-refractivity contribution in [1.82, 2.24) is 24.8 Å². The van der Waals surface area contributed by atoms with Crippen molar-refractivity contribution < 1.29 is 18.0 Å². The first kappa shape index (κ1) is 23.6. The van der Waals surface area contributed by atoms with E-state index in [0.717, 1.165) is 61.5 Å². The van der Waals surface area contributed by atoms with E-state index in [1.807, 2.05) is 28.0 Å². The van der Waals surface area contributed by atoms with Crippen molar-refractivity contribution in [2.45, 2.75) is 25.1 Å². The van der Waals surface area contributed by atoms with E-state index < -0.39 is 11.7 Å². The fourth-order valence-corrected chi connectivity index (χ4v) is 5.30. The highest BCUT2D eigenvalue weighted by Gasteiger charge is 2.37. The molecule has 1 aromatic carbocycles. The van der Waals surface area contributed by atoms with Crippen LogP contribution in [0.5, 0.6) is 0 Å². The molecule has 0 radical (unpaired) electrons. The summed E-state index contributed by atoms with van der Waals surface area (Å²) in [7, 11) is 0. The maximum Gasteiger partial charge on any atom is 0.419 e. The van der Waals surface area contributed by atoms with Crippen molar-refractivity contribution in [2.24, 2.45) is 0 Å². The minimum Gasteiger partial charge on any atom is -0.338 e. The molecule has 1 unspecified atom stereocenters. The number of amides is 1. The summed E-state index contributed by atoms with van der Waals surface area (Å²) in [6.07, 6.45) is 1.81. The molecule has 12 heteroatoms. The molecule has 3 aliphatic heterocycles. The molecular formula is C25H25F3N8O. The van der Waals surface area contributed by atoms with Crippen LogP contribution in [0.15, 0.2) is 49.1 Å². The maximum atomic E-state index is 13.0. The van der Waals surface area contributed by atoms with Crippen molar-refractivity contribution >= 4 is 29.2 Å². The average Bonchev–Trinajstić information content (AvgIpc) is 3.52. The van der Waals surface area contributed by atoms with Gasteiger partial charge in [0.15, 0.2) is 0 Å². The molecule has 0 spiro atoms. The molecule has 9 nitrogen and oxygen atoms in total. The van der Waals surface area contributed by atoms with Gasteiger partial charge < -0.3 is 14.7 Å². The van der Waals surface area contributed by atoms with E-state index in [9.17, 15) is 18.0 Å². The van der Waals surface area contributed by atoms with Crippen LogP contribution >= 0.6 is 0 Å². The molecule has 0 bridgehead atoms. The van der Waals surface area contributed by atoms with E-state index >= 15 is 0 Å². The van der Waals surface area contributed by atoms with E-state index in [1.165, 1.54) is 0 Å². The monoisotopic (exact) mass is 510 g/mol. The minimum absolute atomic E-state index is 0.0969. The minimum atomic E-state index is -4.47. The number of piperazine rings is 1. The van der Waals surface area contributed by atoms with Crippen LogP contribution in [0, 0.1) is 0 Å². The van der Waals surface area contributed by atoms with Crippen molar-refractivity contribution in [1.29, 1.82) is 0 Å². The molecule has 3 aromatic rings. The predicted molar refractivity (Wildman–Crippen MR) is 131 cm³/mol. The molecule has 2 fully saturated rings. The summed E-state index contributed by atoms with van der Waals surface area (Å²) in [5, 5.41) is 0. The van der Waals surface area contributed by atoms with Gasteiger partial charge >= 0.3 is 6.18 Å². The first-order chi connectivity index (χ1) is 17.9. The first-order valence-electron chi connectivity index (χ1n) is 12.2. The van der Waals surface area contributed by atoms with E-state index in [2.05, 4.69) is 29.7 Å². The number of anilines is 4. The first-order valence-corrected chi connectivity index (χ1v) is 12.2. The van der Waals surface area contributed by atoms with Gasteiger partial charge in [0.2, 0.25) is 17.8 Å².